The van der Waals surface area contributed by atoms with Gasteiger partial charge in [-0.25, -0.2) is 0 Å². The number of rotatable bonds is 9. The Hall–Kier alpha value is -7.75. The molecule has 1 aromatic heterocycles. The molecule has 278 valence electrons. The summed E-state index contributed by atoms with van der Waals surface area (Å²) >= 11 is 0. The third-order valence-corrected chi connectivity index (χ3v) is 11.3. The van der Waals surface area contributed by atoms with Crippen LogP contribution in [0.4, 0.5) is 0 Å². The van der Waals surface area contributed by atoms with Crippen molar-refractivity contribution in [1.29, 1.82) is 0 Å². The Kier molecular flexibility index (Phi) is 9.46. The molecule has 10 rings (SSSR count). The van der Waals surface area contributed by atoms with Gasteiger partial charge in [0.1, 0.15) is 0 Å². The van der Waals surface area contributed by atoms with Gasteiger partial charge in [0, 0.05) is 23.5 Å². The first-order valence-corrected chi connectivity index (χ1v) is 19.9. The van der Waals surface area contributed by atoms with Gasteiger partial charge in [0.15, 0.2) is 0 Å². The Morgan fingerprint density at radius 1 is 0.441 bits per heavy atom. The highest BCUT2D eigenvalue weighted by molar-refractivity contribution is 6.25. The lowest BCUT2D eigenvalue weighted by molar-refractivity contribution is 1.07. The molecule has 10 aromatic rings. The Balaban J connectivity index is 1.04. The smallest absolute Gasteiger partial charge is 0.0716 e. The molecule has 1 heterocycles. The van der Waals surface area contributed by atoms with E-state index in [1.807, 2.05) is 12.3 Å². The summed E-state index contributed by atoms with van der Waals surface area (Å²) in [6.45, 7) is 4.49. The summed E-state index contributed by atoms with van der Waals surface area (Å²) in [6.07, 6.45) is 5.73. The Bertz CT molecular complexity index is 3210. The van der Waals surface area contributed by atoms with Crippen LogP contribution in [0.5, 0.6) is 0 Å². The maximum Gasteiger partial charge on any atom is 0.0716 e. The number of hydrogen-bond acceptors (Lipinski definition) is 3. The minimum Gasteiger partial charge on any atom is -0.280 e. The molecule has 0 fully saturated rings. The van der Waals surface area contributed by atoms with E-state index >= 15 is 0 Å². The van der Waals surface area contributed by atoms with Crippen molar-refractivity contribution >= 4 is 61.2 Å². The Morgan fingerprint density at radius 2 is 1.03 bits per heavy atom. The highest BCUT2D eigenvalue weighted by Gasteiger charge is 2.12. The van der Waals surface area contributed by atoms with Crippen LogP contribution in [-0.2, 0) is 6.54 Å². The standard InChI is InChI=1S/C56H39N3/c1-57-55(41-25-22-40(23-26-41)48-17-10-30-58-37-48)35-56(47-16-9-15-44(33-47)45-27-24-39-12-2-3-13-43(39)32-45)59-36-38-11-8-14-42(31-38)46-28-29-53-51-20-5-4-18-49(51)50-19-6-7-21-52(50)54(53)34-46/h2-35,37H,1,36H2/b55-35-,59-56?. The molecule has 0 spiro atoms. The first-order valence-electron chi connectivity index (χ1n) is 19.9. The molecule has 0 aliphatic rings. The summed E-state index contributed by atoms with van der Waals surface area (Å²) in [5, 5.41) is 10.1. The predicted octanol–water partition coefficient (Wildman–Crippen LogP) is 14.4. The summed E-state index contributed by atoms with van der Waals surface area (Å²) in [6, 6.07) is 69.2. The fourth-order valence-electron chi connectivity index (χ4n) is 8.28. The molecule has 3 nitrogen and oxygen atoms in total. The molecule has 0 unspecified atom stereocenters. The minimum atomic E-state index is 0.491. The van der Waals surface area contributed by atoms with Gasteiger partial charge in [-0.1, -0.05) is 164 Å². The average Bonchev–Trinajstić information content (AvgIpc) is 3.32. The summed E-state index contributed by atoms with van der Waals surface area (Å²) in [5.41, 5.74) is 11.5. The molecule has 0 radical (unpaired) electrons. The minimum absolute atomic E-state index is 0.491. The van der Waals surface area contributed by atoms with E-state index in [-0.39, 0.29) is 0 Å². The quantitative estimate of drug-likeness (QED) is 0.107. The van der Waals surface area contributed by atoms with Crippen LogP contribution in [0.2, 0.25) is 0 Å². The van der Waals surface area contributed by atoms with E-state index in [0.29, 0.717) is 6.54 Å². The van der Waals surface area contributed by atoms with Crippen LogP contribution in [0, 0.1) is 0 Å². The van der Waals surface area contributed by atoms with E-state index in [4.69, 9.17) is 4.99 Å². The van der Waals surface area contributed by atoms with Crippen molar-refractivity contribution in [2.45, 2.75) is 6.54 Å². The molecule has 0 saturated heterocycles. The molecule has 3 heteroatoms. The van der Waals surface area contributed by atoms with Crippen LogP contribution in [0.1, 0.15) is 16.7 Å². The van der Waals surface area contributed by atoms with Gasteiger partial charge in [0.2, 0.25) is 0 Å². The number of nitrogens with zero attached hydrogens (tertiary/aromatic N) is 3. The molecule has 0 aliphatic carbocycles. The molecule has 0 bridgehead atoms. The predicted molar refractivity (Wildman–Crippen MR) is 251 cm³/mol. The lowest BCUT2D eigenvalue weighted by Gasteiger charge is -2.12. The largest absolute Gasteiger partial charge is 0.280 e. The van der Waals surface area contributed by atoms with E-state index in [9.17, 15) is 0 Å². The van der Waals surface area contributed by atoms with Gasteiger partial charge in [-0.05, 0) is 125 Å². The molecule has 9 aromatic carbocycles. The second-order valence-corrected chi connectivity index (χ2v) is 14.9. The normalized spacial score (nSPS) is 12.1. The van der Waals surface area contributed by atoms with E-state index in [1.54, 1.807) is 6.20 Å². The van der Waals surface area contributed by atoms with Gasteiger partial charge in [-0.15, -0.1) is 0 Å². The number of aliphatic imine (C=N–C) groups is 2. The molecule has 0 atom stereocenters. The highest BCUT2D eigenvalue weighted by atomic mass is 14.8. The zero-order chi connectivity index (χ0) is 39.5. The number of fused-ring (bicyclic) bond motifs is 7. The topological polar surface area (TPSA) is 37.6 Å². The van der Waals surface area contributed by atoms with E-state index in [2.05, 4.69) is 211 Å². The summed E-state index contributed by atoms with van der Waals surface area (Å²) in [5.74, 6) is 0. The van der Waals surface area contributed by atoms with Crippen molar-refractivity contribution in [2.24, 2.45) is 9.98 Å². The Morgan fingerprint density at radius 3 is 1.76 bits per heavy atom. The lowest BCUT2D eigenvalue weighted by atomic mass is 9.92. The fraction of sp³-hybridized carbons (Fsp3) is 0.0179. The van der Waals surface area contributed by atoms with Gasteiger partial charge in [0.05, 0.1) is 18.0 Å². The molecular weight excluding hydrogens is 715 g/mol. The van der Waals surface area contributed by atoms with Gasteiger partial charge < -0.3 is 0 Å². The third-order valence-electron chi connectivity index (χ3n) is 11.3. The first-order chi connectivity index (χ1) is 29.2. The molecule has 59 heavy (non-hydrogen) atoms. The van der Waals surface area contributed by atoms with Crippen molar-refractivity contribution in [1.82, 2.24) is 4.98 Å². The van der Waals surface area contributed by atoms with E-state index in [0.717, 1.165) is 55.9 Å². The van der Waals surface area contributed by atoms with Crippen molar-refractivity contribution in [2.75, 3.05) is 0 Å². The number of aromatic nitrogens is 1. The van der Waals surface area contributed by atoms with Crippen molar-refractivity contribution in [3.8, 4) is 33.4 Å². The van der Waals surface area contributed by atoms with Crippen molar-refractivity contribution in [3.63, 3.8) is 0 Å². The van der Waals surface area contributed by atoms with Gasteiger partial charge >= 0.3 is 0 Å². The van der Waals surface area contributed by atoms with E-state index < -0.39 is 0 Å². The number of benzene rings is 9. The second-order valence-electron chi connectivity index (χ2n) is 14.9. The van der Waals surface area contributed by atoms with Crippen LogP contribution in [0.3, 0.4) is 0 Å². The molecule has 0 aliphatic heterocycles. The molecule has 0 saturated carbocycles. The van der Waals surface area contributed by atoms with Crippen LogP contribution in [-0.4, -0.2) is 17.4 Å². The number of hydrogen-bond donors (Lipinski definition) is 0. The zero-order valence-electron chi connectivity index (χ0n) is 32.5. The van der Waals surface area contributed by atoms with Crippen LogP contribution >= 0.6 is 0 Å². The number of pyridine rings is 1. The van der Waals surface area contributed by atoms with Crippen LogP contribution < -0.4 is 0 Å². The highest BCUT2D eigenvalue weighted by Crippen LogP contribution is 2.37. The molecule has 0 N–H and O–H groups in total. The summed E-state index contributed by atoms with van der Waals surface area (Å²) < 4.78 is 0. The third kappa shape index (κ3) is 7.11. The van der Waals surface area contributed by atoms with Crippen molar-refractivity contribution < 1.29 is 0 Å². The van der Waals surface area contributed by atoms with Crippen LogP contribution in [0.25, 0.3) is 82.2 Å². The van der Waals surface area contributed by atoms with E-state index in [1.165, 1.54) is 48.7 Å². The fourth-order valence-corrected chi connectivity index (χ4v) is 8.28. The first kappa shape index (κ1) is 35.6. The van der Waals surface area contributed by atoms with Gasteiger partial charge in [-0.2, -0.15) is 0 Å². The maximum absolute atomic E-state index is 5.33. The zero-order valence-corrected chi connectivity index (χ0v) is 32.5. The monoisotopic (exact) mass is 753 g/mol. The summed E-state index contributed by atoms with van der Waals surface area (Å²) in [4.78, 5) is 14.2. The van der Waals surface area contributed by atoms with Crippen molar-refractivity contribution in [3.05, 3.63) is 229 Å². The second kappa shape index (κ2) is 15.7. The molecular formula is C56H39N3. The lowest BCUT2D eigenvalue weighted by Crippen LogP contribution is -2.01. The van der Waals surface area contributed by atoms with Gasteiger partial charge in [0.25, 0.3) is 0 Å². The average molecular weight is 754 g/mol. The maximum atomic E-state index is 5.33. The van der Waals surface area contributed by atoms with Crippen LogP contribution in [0.15, 0.2) is 223 Å². The summed E-state index contributed by atoms with van der Waals surface area (Å²) in [7, 11) is 0. The molecule has 0 amide bonds. The number of allylic oxidation sites excluding steroid dienone is 1. The van der Waals surface area contributed by atoms with Gasteiger partial charge in [-0.3, -0.25) is 15.0 Å². The SMILES string of the molecule is C=N/C(=C\C(=NCc1cccc(-c2ccc3c4ccccc4c4ccccc4c3c2)c1)c1cccc(-c2ccc3ccccc3c2)c1)c1ccc(-c2cccnc2)cc1. The Labute approximate surface area is 344 Å².